The van der Waals surface area contributed by atoms with E-state index in [1.54, 1.807) is 24.5 Å². The molecule has 2 rings (SSSR count). The molecule has 0 saturated heterocycles. The summed E-state index contributed by atoms with van der Waals surface area (Å²) < 4.78 is 4.81. The maximum absolute atomic E-state index is 11.7. The normalized spacial score (nSPS) is 10.2. The van der Waals surface area contributed by atoms with Gasteiger partial charge in [0.15, 0.2) is 0 Å². The third-order valence-corrected chi connectivity index (χ3v) is 3.09. The lowest BCUT2D eigenvalue weighted by molar-refractivity contribution is -0.158. The van der Waals surface area contributed by atoms with E-state index in [1.807, 2.05) is 26.0 Å². The summed E-state index contributed by atoms with van der Waals surface area (Å²) in [7, 11) is 0. The lowest BCUT2D eigenvalue weighted by Gasteiger charge is -2.06. The van der Waals surface area contributed by atoms with Crippen molar-refractivity contribution in [1.29, 1.82) is 0 Å². The summed E-state index contributed by atoms with van der Waals surface area (Å²) >= 11 is 0. The van der Waals surface area contributed by atoms with Gasteiger partial charge in [-0.1, -0.05) is 12.1 Å². The Bertz CT molecular complexity index is 611. The molecule has 0 saturated carbocycles. The minimum Gasteiger partial charge on any atom is -0.393 e. The summed E-state index contributed by atoms with van der Waals surface area (Å²) in [5.41, 5.74) is 3.01. The highest BCUT2D eigenvalue weighted by Gasteiger charge is 2.15. The second kappa shape index (κ2) is 6.74. The summed E-state index contributed by atoms with van der Waals surface area (Å²) in [5, 5.41) is 0. The van der Waals surface area contributed by atoms with E-state index in [0.717, 1.165) is 11.1 Å². The SMILES string of the molecule is Cc1cccnc1CC(=O)OC(=O)Cc1ncccc1C. The Morgan fingerprint density at radius 3 is 1.71 bits per heavy atom. The van der Waals surface area contributed by atoms with Gasteiger partial charge < -0.3 is 4.74 Å². The van der Waals surface area contributed by atoms with Gasteiger partial charge in [0.25, 0.3) is 0 Å². The smallest absolute Gasteiger partial charge is 0.319 e. The predicted octanol–water partition coefficient (Wildman–Crippen LogP) is 1.95. The Balaban J connectivity index is 1.93. The van der Waals surface area contributed by atoms with Gasteiger partial charge in [-0.3, -0.25) is 19.6 Å². The molecule has 0 radical (unpaired) electrons. The fraction of sp³-hybridized carbons (Fsp3) is 0.250. The van der Waals surface area contributed by atoms with Gasteiger partial charge in [0.05, 0.1) is 24.2 Å². The number of pyridine rings is 2. The first kappa shape index (κ1) is 14.8. The first-order valence-electron chi connectivity index (χ1n) is 6.61. The van der Waals surface area contributed by atoms with Crippen molar-refractivity contribution >= 4 is 11.9 Å². The van der Waals surface area contributed by atoms with Crippen molar-refractivity contribution in [2.75, 3.05) is 0 Å². The third-order valence-electron chi connectivity index (χ3n) is 3.09. The zero-order valence-corrected chi connectivity index (χ0v) is 12.0. The second-order valence-electron chi connectivity index (χ2n) is 4.73. The van der Waals surface area contributed by atoms with Crippen molar-refractivity contribution in [1.82, 2.24) is 9.97 Å². The molecule has 0 fully saturated rings. The van der Waals surface area contributed by atoms with Crippen LogP contribution in [0.4, 0.5) is 0 Å². The minimum absolute atomic E-state index is 0.0143. The molecule has 108 valence electrons. The Hall–Kier alpha value is -2.56. The number of hydrogen-bond donors (Lipinski definition) is 0. The van der Waals surface area contributed by atoms with Crippen LogP contribution in [-0.4, -0.2) is 21.9 Å². The van der Waals surface area contributed by atoms with Crippen molar-refractivity contribution in [3.05, 3.63) is 59.2 Å². The van der Waals surface area contributed by atoms with Crippen LogP contribution in [0.2, 0.25) is 0 Å². The Kier molecular flexibility index (Phi) is 4.77. The van der Waals surface area contributed by atoms with Gasteiger partial charge in [-0.15, -0.1) is 0 Å². The predicted molar refractivity (Wildman–Crippen MR) is 76.5 cm³/mol. The molecule has 0 spiro atoms. The summed E-state index contributed by atoms with van der Waals surface area (Å²) in [6.45, 7) is 3.71. The van der Waals surface area contributed by atoms with E-state index in [-0.39, 0.29) is 12.8 Å². The molecule has 2 aromatic rings. The molecule has 5 heteroatoms. The quantitative estimate of drug-likeness (QED) is 0.634. The molecule has 0 aliphatic rings. The molecule has 0 atom stereocenters. The van der Waals surface area contributed by atoms with Crippen molar-refractivity contribution in [2.24, 2.45) is 0 Å². The molecule has 0 bridgehead atoms. The van der Waals surface area contributed by atoms with Crippen LogP contribution in [0, 0.1) is 13.8 Å². The van der Waals surface area contributed by atoms with Crippen LogP contribution in [0.3, 0.4) is 0 Å². The molecule has 0 unspecified atom stereocenters. The number of rotatable bonds is 4. The van der Waals surface area contributed by atoms with Crippen LogP contribution in [0.1, 0.15) is 22.5 Å². The summed E-state index contributed by atoms with van der Waals surface area (Å²) in [6, 6.07) is 7.29. The number of aryl methyl sites for hydroxylation is 2. The molecule has 0 aliphatic heterocycles. The lowest BCUT2D eigenvalue weighted by atomic mass is 10.1. The van der Waals surface area contributed by atoms with Crippen LogP contribution in [0.5, 0.6) is 0 Å². The van der Waals surface area contributed by atoms with Crippen molar-refractivity contribution in [3.8, 4) is 0 Å². The highest BCUT2D eigenvalue weighted by molar-refractivity contribution is 5.87. The van der Waals surface area contributed by atoms with Gasteiger partial charge in [-0.05, 0) is 37.1 Å². The lowest BCUT2D eigenvalue weighted by Crippen LogP contribution is -2.18. The average molecular weight is 284 g/mol. The van der Waals surface area contributed by atoms with Gasteiger partial charge in [0.2, 0.25) is 0 Å². The third kappa shape index (κ3) is 4.21. The standard InChI is InChI=1S/C16H16N2O3/c1-11-5-3-7-17-13(11)9-15(19)21-16(20)10-14-12(2)6-4-8-18-14/h3-8H,9-10H2,1-2H3. The van der Waals surface area contributed by atoms with Crippen LogP contribution in [0.25, 0.3) is 0 Å². The summed E-state index contributed by atoms with van der Waals surface area (Å²) in [6.07, 6.45) is 3.18. The molecule has 2 aromatic heterocycles. The number of ether oxygens (including phenoxy) is 1. The van der Waals surface area contributed by atoms with Gasteiger partial charge in [-0.2, -0.15) is 0 Å². The van der Waals surface area contributed by atoms with Crippen molar-refractivity contribution in [2.45, 2.75) is 26.7 Å². The van der Waals surface area contributed by atoms with Crippen molar-refractivity contribution < 1.29 is 14.3 Å². The Labute approximate surface area is 123 Å². The first-order chi connectivity index (χ1) is 10.1. The van der Waals surface area contributed by atoms with E-state index in [1.165, 1.54) is 0 Å². The minimum atomic E-state index is -0.601. The second-order valence-corrected chi connectivity index (χ2v) is 4.73. The highest BCUT2D eigenvalue weighted by Crippen LogP contribution is 2.07. The van der Waals surface area contributed by atoms with Gasteiger partial charge >= 0.3 is 11.9 Å². The topological polar surface area (TPSA) is 69.2 Å². The van der Waals surface area contributed by atoms with Gasteiger partial charge in [0.1, 0.15) is 0 Å². The fourth-order valence-electron chi connectivity index (χ4n) is 1.88. The van der Waals surface area contributed by atoms with E-state index >= 15 is 0 Å². The van der Waals surface area contributed by atoms with Gasteiger partial charge in [0, 0.05) is 12.4 Å². The summed E-state index contributed by atoms with van der Waals surface area (Å²) in [4.78, 5) is 31.7. The van der Waals surface area contributed by atoms with E-state index < -0.39 is 11.9 Å². The molecule has 0 aliphatic carbocycles. The monoisotopic (exact) mass is 284 g/mol. The number of aromatic nitrogens is 2. The first-order valence-corrected chi connectivity index (χ1v) is 6.61. The van der Waals surface area contributed by atoms with Crippen LogP contribution in [0.15, 0.2) is 36.7 Å². The van der Waals surface area contributed by atoms with E-state index in [2.05, 4.69) is 9.97 Å². The number of carbonyl (C=O) groups is 2. The van der Waals surface area contributed by atoms with Crippen molar-refractivity contribution in [3.63, 3.8) is 0 Å². The molecular formula is C16H16N2O3. The van der Waals surface area contributed by atoms with E-state index in [0.29, 0.717) is 11.4 Å². The molecule has 0 N–H and O–H groups in total. The Morgan fingerprint density at radius 1 is 0.905 bits per heavy atom. The molecule has 0 aromatic carbocycles. The molecule has 5 nitrogen and oxygen atoms in total. The summed E-state index contributed by atoms with van der Waals surface area (Å²) in [5.74, 6) is -1.20. The zero-order valence-electron chi connectivity index (χ0n) is 12.0. The molecule has 2 heterocycles. The molecular weight excluding hydrogens is 268 g/mol. The molecule has 0 amide bonds. The number of esters is 2. The Morgan fingerprint density at radius 2 is 1.33 bits per heavy atom. The number of hydrogen-bond acceptors (Lipinski definition) is 5. The van der Waals surface area contributed by atoms with Crippen LogP contribution in [-0.2, 0) is 27.2 Å². The van der Waals surface area contributed by atoms with Crippen LogP contribution < -0.4 is 0 Å². The zero-order chi connectivity index (χ0) is 15.2. The average Bonchev–Trinajstić information content (AvgIpc) is 2.44. The van der Waals surface area contributed by atoms with Crippen LogP contribution >= 0.6 is 0 Å². The fourth-order valence-corrected chi connectivity index (χ4v) is 1.88. The maximum Gasteiger partial charge on any atom is 0.319 e. The van der Waals surface area contributed by atoms with Gasteiger partial charge in [-0.25, -0.2) is 0 Å². The molecule has 21 heavy (non-hydrogen) atoms. The number of carbonyl (C=O) groups excluding carboxylic acids is 2. The van der Waals surface area contributed by atoms with E-state index in [9.17, 15) is 9.59 Å². The largest absolute Gasteiger partial charge is 0.393 e. The van der Waals surface area contributed by atoms with E-state index in [4.69, 9.17) is 4.74 Å². The maximum atomic E-state index is 11.7. The number of nitrogens with zero attached hydrogens (tertiary/aromatic N) is 2. The highest BCUT2D eigenvalue weighted by atomic mass is 16.6.